The van der Waals surface area contributed by atoms with Gasteiger partial charge >= 0.3 is 0 Å². The van der Waals surface area contributed by atoms with Gasteiger partial charge in [0, 0.05) is 6.07 Å². The lowest BCUT2D eigenvalue weighted by atomic mass is 10.2. The van der Waals surface area contributed by atoms with Gasteiger partial charge in [0.25, 0.3) is 0 Å². The van der Waals surface area contributed by atoms with Crippen molar-refractivity contribution < 1.29 is 9.52 Å². The van der Waals surface area contributed by atoms with Crippen molar-refractivity contribution in [2.45, 2.75) is 0 Å². The molecule has 0 saturated carbocycles. The molecule has 4 heteroatoms. The van der Waals surface area contributed by atoms with Crippen LogP contribution in [0, 0.1) is 4.71 Å². The molecule has 1 N–H and O–H groups in total. The molecule has 0 amide bonds. The Balaban J connectivity index is 3.03. The summed E-state index contributed by atoms with van der Waals surface area (Å²) in [5.74, 6) is 0.146. The zero-order chi connectivity index (χ0) is 9.42. The van der Waals surface area contributed by atoms with Crippen LogP contribution in [0.2, 0.25) is 0 Å². The summed E-state index contributed by atoms with van der Waals surface area (Å²) in [5.41, 5.74) is 0.576. The topological polar surface area (TPSA) is 33.4 Å². The van der Waals surface area contributed by atoms with E-state index < -0.39 is 0 Å². The standard InChI is InChI=1S/C9H5BrO2S/c10-6-3-1-2-5-7(11)4-8(13)12-9(5)6/h1-4,11H. The molecule has 2 aromatic rings. The van der Waals surface area contributed by atoms with Crippen molar-refractivity contribution in [3.05, 3.63) is 33.4 Å². The number of fused-ring (bicyclic) bond motifs is 1. The maximum absolute atomic E-state index is 9.53. The highest BCUT2D eigenvalue weighted by Gasteiger charge is 2.04. The highest BCUT2D eigenvalue weighted by atomic mass is 79.9. The second-order valence-corrected chi connectivity index (χ2v) is 3.82. The first-order valence-corrected chi connectivity index (χ1v) is 4.80. The number of rotatable bonds is 0. The molecule has 66 valence electrons. The molecule has 1 heterocycles. The lowest BCUT2D eigenvalue weighted by molar-refractivity contribution is 0.471. The van der Waals surface area contributed by atoms with E-state index in [0.29, 0.717) is 11.0 Å². The first-order chi connectivity index (χ1) is 6.18. The maximum Gasteiger partial charge on any atom is 0.194 e. The van der Waals surface area contributed by atoms with Crippen LogP contribution in [0.25, 0.3) is 11.0 Å². The Kier molecular flexibility index (Phi) is 2.09. The van der Waals surface area contributed by atoms with Crippen molar-refractivity contribution in [2.24, 2.45) is 0 Å². The predicted molar refractivity (Wildman–Crippen MR) is 56.4 cm³/mol. The lowest BCUT2D eigenvalue weighted by Crippen LogP contribution is -1.75. The summed E-state index contributed by atoms with van der Waals surface area (Å²) in [6.45, 7) is 0. The number of hydrogen-bond donors (Lipinski definition) is 1. The smallest absolute Gasteiger partial charge is 0.194 e. The van der Waals surface area contributed by atoms with Gasteiger partial charge in [0.2, 0.25) is 0 Å². The molecule has 0 aliphatic heterocycles. The second-order valence-electron chi connectivity index (χ2n) is 2.57. The predicted octanol–water partition coefficient (Wildman–Crippen LogP) is 3.63. The first-order valence-electron chi connectivity index (χ1n) is 3.60. The minimum atomic E-state index is 0.146. The molecule has 2 rings (SSSR count). The quantitative estimate of drug-likeness (QED) is 0.731. The largest absolute Gasteiger partial charge is 0.507 e. The summed E-state index contributed by atoms with van der Waals surface area (Å²) in [5, 5.41) is 10.2. The first kappa shape index (κ1) is 8.72. The van der Waals surface area contributed by atoms with Gasteiger partial charge in [-0.2, -0.15) is 0 Å². The molecule has 0 aliphatic rings. The molecule has 2 nitrogen and oxygen atoms in total. The van der Waals surface area contributed by atoms with Gasteiger partial charge < -0.3 is 9.52 Å². The Morgan fingerprint density at radius 1 is 1.38 bits per heavy atom. The molecule has 0 fully saturated rings. The van der Waals surface area contributed by atoms with Gasteiger partial charge in [0.1, 0.15) is 5.75 Å². The molecule has 0 spiro atoms. The second kappa shape index (κ2) is 3.12. The minimum Gasteiger partial charge on any atom is -0.507 e. The fourth-order valence-electron chi connectivity index (χ4n) is 1.13. The van der Waals surface area contributed by atoms with Crippen LogP contribution in [0.5, 0.6) is 5.75 Å². The molecular weight excluding hydrogens is 252 g/mol. The van der Waals surface area contributed by atoms with E-state index in [1.165, 1.54) is 6.07 Å². The fraction of sp³-hybridized carbons (Fsp3) is 0. The van der Waals surface area contributed by atoms with Crippen LogP contribution in [0.3, 0.4) is 0 Å². The van der Waals surface area contributed by atoms with Crippen molar-refractivity contribution in [1.29, 1.82) is 0 Å². The van der Waals surface area contributed by atoms with E-state index in [-0.39, 0.29) is 10.5 Å². The number of aromatic hydroxyl groups is 1. The van der Waals surface area contributed by atoms with E-state index in [2.05, 4.69) is 15.9 Å². The normalized spacial score (nSPS) is 10.5. The van der Waals surface area contributed by atoms with Crippen molar-refractivity contribution in [3.8, 4) is 5.75 Å². The third kappa shape index (κ3) is 1.47. The summed E-state index contributed by atoms with van der Waals surface area (Å²) in [6, 6.07) is 6.85. The van der Waals surface area contributed by atoms with E-state index in [0.717, 1.165) is 4.47 Å². The summed E-state index contributed by atoms with van der Waals surface area (Å²) in [6.07, 6.45) is 0. The van der Waals surface area contributed by atoms with Gasteiger partial charge in [-0.25, -0.2) is 0 Å². The van der Waals surface area contributed by atoms with Crippen LogP contribution in [-0.2, 0) is 0 Å². The molecule has 1 aromatic carbocycles. The van der Waals surface area contributed by atoms with Crippen molar-refractivity contribution >= 4 is 39.1 Å². The van der Waals surface area contributed by atoms with Crippen LogP contribution < -0.4 is 0 Å². The SMILES string of the molecule is Oc1cc(=S)oc2c(Br)cccc12. The molecule has 13 heavy (non-hydrogen) atoms. The van der Waals surface area contributed by atoms with E-state index in [1.807, 2.05) is 12.1 Å². The highest BCUT2D eigenvalue weighted by Crippen LogP contribution is 2.30. The molecule has 1 aromatic heterocycles. The lowest BCUT2D eigenvalue weighted by Gasteiger charge is -2.00. The van der Waals surface area contributed by atoms with Gasteiger partial charge in [-0.1, -0.05) is 6.07 Å². The minimum absolute atomic E-state index is 0.146. The van der Waals surface area contributed by atoms with Crippen LogP contribution >= 0.6 is 28.1 Å². The summed E-state index contributed by atoms with van der Waals surface area (Å²) >= 11 is 8.15. The molecule has 0 saturated heterocycles. The summed E-state index contributed by atoms with van der Waals surface area (Å²) in [7, 11) is 0. The average Bonchev–Trinajstić information content (AvgIpc) is 2.07. The third-order valence-corrected chi connectivity index (χ3v) is 2.53. The van der Waals surface area contributed by atoms with Gasteiger partial charge in [0.15, 0.2) is 10.3 Å². The monoisotopic (exact) mass is 256 g/mol. The molecule has 0 unspecified atom stereocenters. The fourth-order valence-corrected chi connectivity index (χ4v) is 1.78. The van der Waals surface area contributed by atoms with Crippen LogP contribution in [-0.4, -0.2) is 5.11 Å². The van der Waals surface area contributed by atoms with Gasteiger partial charge in [-0.3, -0.25) is 0 Å². The Hall–Kier alpha value is -0.870. The van der Waals surface area contributed by atoms with Crippen molar-refractivity contribution in [3.63, 3.8) is 0 Å². The van der Waals surface area contributed by atoms with E-state index >= 15 is 0 Å². The Labute approximate surface area is 87.9 Å². The Bertz CT molecular complexity index is 518. The van der Waals surface area contributed by atoms with Gasteiger partial charge in [0.05, 0.1) is 9.86 Å². The van der Waals surface area contributed by atoms with Gasteiger partial charge in [-0.05, 0) is 40.3 Å². The molecule has 0 aliphatic carbocycles. The molecular formula is C9H5BrO2S. The Morgan fingerprint density at radius 3 is 2.92 bits per heavy atom. The zero-order valence-corrected chi connectivity index (χ0v) is 8.85. The Morgan fingerprint density at radius 2 is 2.15 bits per heavy atom. The van der Waals surface area contributed by atoms with Crippen LogP contribution in [0.4, 0.5) is 0 Å². The van der Waals surface area contributed by atoms with Crippen LogP contribution in [0.1, 0.15) is 0 Å². The zero-order valence-electron chi connectivity index (χ0n) is 6.45. The molecule has 0 atom stereocenters. The number of halogens is 1. The number of hydrogen-bond acceptors (Lipinski definition) is 3. The molecule has 0 bridgehead atoms. The average molecular weight is 257 g/mol. The van der Waals surface area contributed by atoms with E-state index in [4.69, 9.17) is 16.6 Å². The number of benzene rings is 1. The van der Waals surface area contributed by atoms with Crippen LogP contribution in [0.15, 0.2) is 33.2 Å². The van der Waals surface area contributed by atoms with E-state index in [1.54, 1.807) is 6.07 Å². The third-order valence-electron chi connectivity index (χ3n) is 1.70. The van der Waals surface area contributed by atoms with E-state index in [9.17, 15) is 5.11 Å². The molecule has 0 radical (unpaired) electrons. The number of para-hydroxylation sites is 1. The highest BCUT2D eigenvalue weighted by molar-refractivity contribution is 9.10. The summed E-state index contributed by atoms with van der Waals surface area (Å²) < 4.78 is 6.34. The van der Waals surface area contributed by atoms with Crippen molar-refractivity contribution in [1.82, 2.24) is 0 Å². The maximum atomic E-state index is 9.53. The summed E-state index contributed by atoms with van der Waals surface area (Å²) in [4.78, 5) is 0. The van der Waals surface area contributed by atoms with Crippen molar-refractivity contribution in [2.75, 3.05) is 0 Å². The van der Waals surface area contributed by atoms with Gasteiger partial charge in [-0.15, -0.1) is 0 Å².